The molecule has 1 aliphatic rings. The van der Waals surface area contributed by atoms with E-state index in [1.165, 1.54) is 0 Å². The zero-order valence-corrected chi connectivity index (χ0v) is 4.57. The molecule has 0 aliphatic carbocycles. The van der Waals surface area contributed by atoms with Crippen LogP contribution in [0.1, 0.15) is 0 Å². The van der Waals surface area contributed by atoms with E-state index in [0.29, 0.717) is 0 Å². The van der Waals surface area contributed by atoms with E-state index in [1.54, 1.807) is 24.3 Å². The second kappa shape index (κ2) is 1.85. The Kier molecular flexibility index (Phi) is 1.18. The van der Waals surface area contributed by atoms with Gasteiger partial charge < -0.3 is 0 Å². The lowest BCUT2D eigenvalue weighted by Gasteiger charge is -2.04. The maximum Gasteiger partial charge on any atom is 0.153 e. The van der Waals surface area contributed by atoms with E-state index in [0.717, 1.165) is 0 Å². The molecule has 1 aliphatic heterocycles. The molecule has 0 aromatic carbocycles. The highest BCUT2D eigenvalue weighted by atomic mass is 15.5. The first-order chi connectivity index (χ1) is 3.83. The third kappa shape index (κ3) is 0.796. The zero-order valence-electron chi connectivity index (χ0n) is 4.57. The summed E-state index contributed by atoms with van der Waals surface area (Å²) in [5.41, 5.74) is 3.87. The first-order valence-electron chi connectivity index (χ1n) is 2.34. The third-order valence-corrected chi connectivity index (χ3v) is 0.923. The smallest absolute Gasteiger partial charge is 0.153 e. The fraction of sp³-hybridized carbons (Fsp3) is 0.400. The Morgan fingerprint density at radius 1 is 1.88 bits per heavy atom. The maximum absolute atomic E-state index is 8.26. The first kappa shape index (κ1) is 5.13. The second-order valence-corrected chi connectivity index (χ2v) is 1.60. The van der Waals surface area contributed by atoms with Gasteiger partial charge in [0.05, 0.1) is 6.07 Å². The van der Waals surface area contributed by atoms with Gasteiger partial charge in [0.1, 0.15) is 0 Å². The standard InChI is InChI=1S/C5H6N3/c1-8-3-2-5(4-6)7-8/h2-3,5H,1H3. The Morgan fingerprint density at radius 2 is 2.62 bits per heavy atom. The fourth-order valence-corrected chi connectivity index (χ4v) is 0.548. The summed E-state index contributed by atoms with van der Waals surface area (Å²) >= 11 is 0. The molecule has 1 unspecified atom stereocenters. The lowest BCUT2D eigenvalue weighted by atomic mass is 10.4. The van der Waals surface area contributed by atoms with E-state index in [2.05, 4.69) is 5.43 Å². The fourth-order valence-electron chi connectivity index (χ4n) is 0.548. The van der Waals surface area contributed by atoms with E-state index in [9.17, 15) is 0 Å². The molecule has 8 heavy (non-hydrogen) atoms. The summed E-state index contributed by atoms with van der Waals surface area (Å²) < 4.78 is 0. The van der Waals surface area contributed by atoms with Crippen LogP contribution in [0.4, 0.5) is 0 Å². The van der Waals surface area contributed by atoms with Crippen LogP contribution in [0.15, 0.2) is 12.3 Å². The highest BCUT2D eigenvalue weighted by molar-refractivity contribution is 5.08. The number of hydrogen-bond acceptors (Lipinski definition) is 2. The molecule has 3 nitrogen and oxygen atoms in total. The average Bonchev–Trinajstić information content (AvgIpc) is 2.14. The van der Waals surface area contributed by atoms with Crippen LogP contribution in [0.25, 0.3) is 0 Å². The lowest BCUT2D eigenvalue weighted by molar-refractivity contribution is 0.341. The zero-order chi connectivity index (χ0) is 5.98. The van der Waals surface area contributed by atoms with Crippen molar-refractivity contribution >= 4 is 0 Å². The van der Waals surface area contributed by atoms with Gasteiger partial charge in [0.15, 0.2) is 6.04 Å². The molecule has 1 radical (unpaired) electrons. The average molecular weight is 108 g/mol. The predicted molar refractivity (Wildman–Crippen MR) is 28.4 cm³/mol. The van der Waals surface area contributed by atoms with Crippen molar-refractivity contribution in [3.63, 3.8) is 0 Å². The topological polar surface area (TPSA) is 41.1 Å². The highest BCUT2D eigenvalue weighted by Crippen LogP contribution is 1.98. The summed E-state index contributed by atoms with van der Waals surface area (Å²) in [7, 11) is 1.80. The molecule has 0 spiro atoms. The molecule has 0 saturated heterocycles. The summed E-state index contributed by atoms with van der Waals surface area (Å²) in [4.78, 5) is 0. The number of nitriles is 1. The Bertz CT molecular complexity index is 144. The molecule has 0 amide bonds. The van der Waals surface area contributed by atoms with Gasteiger partial charge in [0, 0.05) is 13.2 Å². The summed E-state index contributed by atoms with van der Waals surface area (Å²) in [6.45, 7) is 0. The Morgan fingerprint density at radius 3 is 2.88 bits per heavy atom. The van der Waals surface area contributed by atoms with Gasteiger partial charge >= 0.3 is 0 Å². The molecule has 0 fully saturated rings. The minimum atomic E-state index is -0.250. The van der Waals surface area contributed by atoms with Crippen LogP contribution in [0.5, 0.6) is 0 Å². The van der Waals surface area contributed by atoms with Crippen molar-refractivity contribution in [1.82, 2.24) is 10.4 Å². The van der Waals surface area contributed by atoms with Crippen LogP contribution >= 0.6 is 0 Å². The van der Waals surface area contributed by atoms with E-state index in [-0.39, 0.29) is 6.04 Å². The number of hydrogen-bond donors (Lipinski definition) is 0. The van der Waals surface area contributed by atoms with Gasteiger partial charge in [0.25, 0.3) is 0 Å². The van der Waals surface area contributed by atoms with Crippen molar-refractivity contribution in [2.24, 2.45) is 0 Å². The normalized spacial score (nSPS) is 26.0. The summed E-state index contributed by atoms with van der Waals surface area (Å²) in [5.74, 6) is 0. The molecule has 1 rings (SSSR count). The summed E-state index contributed by atoms with van der Waals surface area (Å²) in [6.07, 6.45) is 3.52. The number of nitrogens with zero attached hydrogens (tertiary/aromatic N) is 3. The van der Waals surface area contributed by atoms with Crippen molar-refractivity contribution in [2.45, 2.75) is 6.04 Å². The highest BCUT2D eigenvalue weighted by Gasteiger charge is 2.10. The molecule has 0 N–H and O–H groups in total. The summed E-state index contributed by atoms with van der Waals surface area (Å²) in [6, 6.07) is 1.75. The van der Waals surface area contributed by atoms with Gasteiger partial charge in [-0.05, 0) is 6.08 Å². The van der Waals surface area contributed by atoms with Crippen LogP contribution in [-0.4, -0.2) is 18.1 Å². The minimum absolute atomic E-state index is 0.250. The summed E-state index contributed by atoms with van der Waals surface area (Å²) in [5, 5.41) is 9.89. The molecule has 0 bridgehead atoms. The van der Waals surface area contributed by atoms with Crippen LogP contribution in [0.2, 0.25) is 0 Å². The van der Waals surface area contributed by atoms with E-state index in [1.807, 2.05) is 6.07 Å². The monoisotopic (exact) mass is 108 g/mol. The molecule has 41 valence electrons. The Hall–Kier alpha value is -1.01. The molecular weight excluding hydrogens is 102 g/mol. The van der Waals surface area contributed by atoms with Gasteiger partial charge in [-0.2, -0.15) is 5.26 Å². The number of rotatable bonds is 0. The largest absolute Gasteiger partial charge is 0.300 e. The van der Waals surface area contributed by atoms with Crippen molar-refractivity contribution in [1.29, 1.82) is 5.26 Å². The van der Waals surface area contributed by atoms with Crippen LogP contribution < -0.4 is 5.43 Å². The van der Waals surface area contributed by atoms with Gasteiger partial charge in [0.2, 0.25) is 0 Å². The molecule has 1 atom stereocenters. The van der Waals surface area contributed by atoms with Crippen molar-refractivity contribution in [3.8, 4) is 6.07 Å². The molecule has 0 aromatic heterocycles. The Labute approximate surface area is 48.2 Å². The lowest BCUT2D eigenvalue weighted by Crippen LogP contribution is -2.22. The van der Waals surface area contributed by atoms with Gasteiger partial charge in [-0.1, -0.05) is 0 Å². The van der Waals surface area contributed by atoms with Gasteiger partial charge in [-0.3, -0.25) is 5.01 Å². The van der Waals surface area contributed by atoms with Crippen molar-refractivity contribution < 1.29 is 0 Å². The quantitative estimate of drug-likeness (QED) is 0.433. The van der Waals surface area contributed by atoms with Crippen LogP contribution in [0, 0.1) is 11.3 Å². The molecule has 0 aromatic rings. The molecule has 1 heterocycles. The second-order valence-electron chi connectivity index (χ2n) is 1.60. The van der Waals surface area contributed by atoms with Crippen LogP contribution in [0.3, 0.4) is 0 Å². The third-order valence-electron chi connectivity index (χ3n) is 0.923. The van der Waals surface area contributed by atoms with Crippen molar-refractivity contribution in [3.05, 3.63) is 12.3 Å². The van der Waals surface area contributed by atoms with Crippen LogP contribution in [-0.2, 0) is 0 Å². The van der Waals surface area contributed by atoms with Gasteiger partial charge in [-0.15, -0.1) is 5.43 Å². The maximum atomic E-state index is 8.26. The Balaban J connectivity index is 2.49. The van der Waals surface area contributed by atoms with Gasteiger partial charge in [-0.25, -0.2) is 0 Å². The molecule has 0 saturated carbocycles. The van der Waals surface area contributed by atoms with E-state index in [4.69, 9.17) is 5.26 Å². The van der Waals surface area contributed by atoms with E-state index >= 15 is 0 Å². The SMILES string of the molecule is CN1C=CC(C#N)[N]1. The predicted octanol–water partition coefficient (Wildman–Crippen LogP) is -0.143. The molecule has 3 heteroatoms. The minimum Gasteiger partial charge on any atom is -0.300 e. The van der Waals surface area contributed by atoms with E-state index < -0.39 is 0 Å². The van der Waals surface area contributed by atoms with Crippen molar-refractivity contribution in [2.75, 3.05) is 7.05 Å². The molecular formula is C5H6N3. The first-order valence-corrected chi connectivity index (χ1v) is 2.34.